The van der Waals surface area contributed by atoms with Crippen molar-refractivity contribution in [2.75, 3.05) is 33.1 Å². The standard InChI is InChI=1S/C12H22N2/c1-13-7-10-6-11(9-13)12-4-2-3-5-14(12)8-10/h10-12H,2-9H2,1H3/t10-,11+,12-/m0/s1/i1D3,5D2. The molecule has 3 heterocycles. The number of nitrogens with zero attached hydrogens (tertiary/aromatic N) is 2. The summed E-state index contributed by atoms with van der Waals surface area (Å²) in [5.74, 6) is 0.631. The molecule has 0 amide bonds. The fourth-order valence-corrected chi connectivity index (χ4v) is 3.43. The Morgan fingerprint density at radius 2 is 2.29 bits per heavy atom. The molecular weight excluding hydrogens is 172 g/mol. The normalized spacial score (nSPS) is 54.6. The van der Waals surface area contributed by atoms with Crippen LogP contribution in [0.2, 0.25) is 0 Å². The van der Waals surface area contributed by atoms with Crippen molar-refractivity contribution in [1.29, 1.82) is 0 Å². The van der Waals surface area contributed by atoms with Crippen LogP contribution in [-0.2, 0) is 0 Å². The third-order valence-corrected chi connectivity index (χ3v) is 3.96. The molecule has 0 spiro atoms. The fraction of sp³-hybridized carbons (Fsp3) is 1.00. The zero-order valence-electron chi connectivity index (χ0n) is 13.6. The SMILES string of the molecule is [2H]C([2H])([2H])N1C[C@@H]2C[C@H](C1)[C@@H]1CCCC([2H])([2H])N1C2. The summed E-state index contributed by atoms with van der Waals surface area (Å²) < 4.78 is 39.1. The highest BCUT2D eigenvalue weighted by Gasteiger charge is 2.40. The Morgan fingerprint density at radius 3 is 3.21 bits per heavy atom. The smallest absolute Gasteiger partial charge is 0.0431 e. The molecule has 80 valence electrons. The molecule has 3 fully saturated rings. The lowest BCUT2D eigenvalue weighted by Gasteiger charge is -2.52. The summed E-state index contributed by atoms with van der Waals surface area (Å²) in [5, 5.41) is 0. The van der Waals surface area contributed by atoms with Gasteiger partial charge in [-0.05, 0) is 44.6 Å². The minimum Gasteiger partial charge on any atom is -0.306 e. The van der Waals surface area contributed by atoms with Crippen molar-refractivity contribution < 1.29 is 6.85 Å². The average Bonchev–Trinajstić information content (AvgIpc) is 2.29. The van der Waals surface area contributed by atoms with Gasteiger partial charge in [-0.15, -0.1) is 0 Å². The van der Waals surface area contributed by atoms with Crippen molar-refractivity contribution in [3.05, 3.63) is 0 Å². The molecule has 0 N–H and O–H groups in total. The van der Waals surface area contributed by atoms with Crippen molar-refractivity contribution in [2.24, 2.45) is 11.8 Å². The van der Waals surface area contributed by atoms with Crippen molar-refractivity contribution >= 4 is 0 Å². The summed E-state index contributed by atoms with van der Waals surface area (Å²) in [6, 6.07) is 0.241. The first kappa shape index (κ1) is 5.31. The summed E-state index contributed by atoms with van der Waals surface area (Å²) >= 11 is 0. The number of rotatable bonds is 0. The molecule has 2 heteroatoms. The van der Waals surface area contributed by atoms with Gasteiger partial charge >= 0.3 is 0 Å². The molecule has 3 aliphatic heterocycles. The van der Waals surface area contributed by atoms with Gasteiger partial charge in [0, 0.05) is 32.5 Å². The molecule has 0 unspecified atom stereocenters. The van der Waals surface area contributed by atoms with Crippen LogP contribution in [0.1, 0.15) is 32.5 Å². The van der Waals surface area contributed by atoms with E-state index in [1.807, 2.05) is 4.90 Å². The van der Waals surface area contributed by atoms with E-state index >= 15 is 0 Å². The number of likely N-dealkylation sites (tertiary alicyclic amines) is 1. The molecule has 0 aromatic rings. The van der Waals surface area contributed by atoms with Crippen LogP contribution in [0.5, 0.6) is 0 Å². The maximum Gasteiger partial charge on any atom is 0.0431 e. The quantitative estimate of drug-likeness (QED) is 0.582. The lowest BCUT2D eigenvalue weighted by molar-refractivity contribution is -0.0231. The molecule has 3 atom stereocenters. The monoisotopic (exact) mass is 199 g/mol. The first-order valence-corrected chi connectivity index (χ1v) is 5.79. The predicted octanol–water partition coefficient (Wildman–Crippen LogP) is 1.42. The predicted molar refractivity (Wildman–Crippen MR) is 58.3 cm³/mol. The molecule has 0 radical (unpaired) electrons. The van der Waals surface area contributed by atoms with Crippen LogP contribution in [-0.4, -0.2) is 48.9 Å². The second-order valence-electron chi connectivity index (χ2n) is 5.04. The van der Waals surface area contributed by atoms with Gasteiger partial charge in [-0.3, -0.25) is 4.90 Å². The van der Waals surface area contributed by atoms with E-state index in [2.05, 4.69) is 0 Å². The summed E-state index contributed by atoms with van der Waals surface area (Å²) in [7, 11) is 0. The van der Waals surface area contributed by atoms with Gasteiger partial charge in [-0.25, -0.2) is 0 Å². The average molecular weight is 199 g/mol. The Kier molecular flexibility index (Phi) is 1.33. The van der Waals surface area contributed by atoms with Crippen LogP contribution in [0.4, 0.5) is 0 Å². The van der Waals surface area contributed by atoms with Gasteiger partial charge in [-0.1, -0.05) is 6.42 Å². The number of fused-ring (bicyclic) bond motifs is 4. The molecule has 0 aromatic carbocycles. The van der Waals surface area contributed by atoms with E-state index < -0.39 is 13.5 Å². The highest BCUT2D eigenvalue weighted by atomic mass is 15.2. The number of hydrogen-bond donors (Lipinski definition) is 0. The highest BCUT2D eigenvalue weighted by Crippen LogP contribution is 2.36. The van der Waals surface area contributed by atoms with Crippen LogP contribution >= 0.6 is 0 Å². The molecule has 3 saturated heterocycles. The third-order valence-electron chi connectivity index (χ3n) is 3.96. The first-order valence-electron chi connectivity index (χ1n) is 8.29. The second-order valence-corrected chi connectivity index (χ2v) is 5.04. The van der Waals surface area contributed by atoms with E-state index in [-0.39, 0.29) is 6.04 Å². The summed E-state index contributed by atoms with van der Waals surface area (Å²) in [6.45, 7) is -1.27. The molecule has 0 aromatic heterocycles. The van der Waals surface area contributed by atoms with Gasteiger partial charge in [0.25, 0.3) is 0 Å². The Bertz CT molecular complexity index is 357. The molecule has 3 aliphatic rings. The van der Waals surface area contributed by atoms with Crippen molar-refractivity contribution in [3.8, 4) is 0 Å². The summed E-state index contributed by atoms with van der Waals surface area (Å²) in [5.41, 5.74) is 0. The van der Waals surface area contributed by atoms with Crippen molar-refractivity contribution in [2.45, 2.75) is 31.7 Å². The lowest BCUT2D eigenvalue weighted by atomic mass is 9.76. The zero-order chi connectivity index (χ0) is 13.8. The fourth-order valence-electron chi connectivity index (χ4n) is 3.43. The van der Waals surface area contributed by atoms with Gasteiger partial charge in [0.05, 0.1) is 0 Å². The molecule has 14 heavy (non-hydrogen) atoms. The zero-order valence-corrected chi connectivity index (χ0v) is 8.58. The van der Waals surface area contributed by atoms with E-state index in [0.717, 1.165) is 25.8 Å². The van der Waals surface area contributed by atoms with E-state index in [0.29, 0.717) is 31.3 Å². The van der Waals surface area contributed by atoms with Crippen LogP contribution < -0.4 is 0 Å². The maximum atomic E-state index is 8.17. The summed E-state index contributed by atoms with van der Waals surface area (Å²) in [4.78, 5) is 3.67. The van der Waals surface area contributed by atoms with Gasteiger partial charge < -0.3 is 4.90 Å². The maximum absolute atomic E-state index is 8.17. The van der Waals surface area contributed by atoms with Crippen LogP contribution in [0.3, 0.4) is 0 Å². The largest absolute Gasteiger partial charge is 0.306 e. The number of piperidine rings is 3. The van der Waals surface area contributed by atoms with E-state index in [1.54, 1.807) is 4.90 Å². The van der Waals surface area contributed by atoms with Crippen LogP contribution in [0, 0.1) is 11.8 Å². The molecule has 0 aliphatic carbocycles. The Labute approximate surface area is 94.3 Å². The second kappa shape index (κ2) is 3.49. The summed E-state index contributed by atoms with van der Waals surface area (Å²) in [6.07, 6.45) is 3.63. The van der Waals surface area contributed by atoms with E-state index in [9.17, 15) is 0 Å². The molecular formula is C12H22N2. The minimum atomic E-state index is -1.99. The molecule has 0 saturated carbocycles. The minimum absolute atomic E-state index is 0.241. The van der Waals surface area contributed by atoms with Gasteiger partial charge in [0.15, 0.2) is 0 Å². The molecule has 2 bridgehead atoms. The van der Waals surface area contributed by atoms with Crippen molar-refractivity contribution in [3.63, 3.8) is 0 Å². The van der Waals surface area contributed by atoms with E-state index in [1.165, 1.54) is 0 Å². The Morgan fingerprint density at radius 1 is 1.29 bits per heavy atom. The van der Waals surface area contributed by atoms with E-state index in [4.69, 9.17) is 6.85 Å². The van der Waals surface area contributed by atoms with Gasteiger partial charge in [0.2, 0.25) is 0 Å². The highest BCUT2D eigenvalue weighted by molar-refractivity contribution is 4.94. The Hall–Kier alpha value is -0.0800. The topological polar surface area (TPSA) is 6.48 Å². The first-order chi connectivity index (χ1) is 8.77. The third kappa shape index (κ3) is 1.49. The number of hydrogen-bond acceptors (Lipinski definition) is 2. The Balaban J connectivity index is 1.80. The molecule has 2 nitrogen and oxygen atoms in total. The van der Waals surface area contributed by atoms with Gasteiger partial charge in [-0.2, -0.15) is 0 Å². The van der Waals surface area contributed by atoms with Gasteiger partial charge in [0.1, 0.15) is 0 Å². The molecule has 3 rings (SSSR count). The van der Waals surface area contributed by atoms with Crippen LogP contribution in [0.25, 0.3) is 0 Å². The van der Waals surface area contributed by atoms with Crippen molar-refractivity contribution in [1.82, 2.24) is 9.80 Å². The lowest BCUT2D eigenvalue weighted by Crippen LogP contribution is -2.58. The van der Waals surface area contributed by atoms with Crippen LogP contribution in [0.15, 0.2) is 0 Å².